The minimum absolute atomic E-state index is 0.0294. The van der Waals surface area contributed by atoms with Gasteiger partial charge in [-0.3, -0.25) is 4.79 Å². The van der Waals surface area contributed by atoms with Gasteiger partial charge in [0.25, 0.3) is 0 Å². The summed E-state index contributed by atoms with van der Waals surface area (Å²) in [6.45, 7) is 5.42. The van der Waals surface area contributed by atoms with Crippen LogP contribution >= 0.6 is 0 Å². The van der Waals surface area contributed by atoms with E-state index in [-0.39, 0.29) is 17.8 Å². The van der Waals surface area contributed by atoms with Crippen molar-refractivity contribution in [3.05, 3.63) is 65.5 Å². The van der Waals surface area contributed by atoms with Gasteiger partial charge in [-0.15, -0.1) is 0 Å². The number of hydrogen-bond acceptors (Lipinski definition) is 2. The number of carbonyl (C=O) groups is 2. The Morgan fingerprint density at radius 3 is 2.38 bits per heavy atom. The van der Waals surface area contributed by atoms with Crippen LogP contribution in [0.1, 0.15) is 37.8 Å². The molecule has 0 aliphatic carbocycles. The number of para-hydroxylation sites is 1. The highest BCUT2D eigenvalue weighted by atomic mass is 19.1. The molecule has 1 aliphatic rings. The molecule has 29 heavy (non-hydrogen) atoms. The standard InChI is InChI=1S/C23H28FN3O2/c1-3-18-6-4-5-7-20(18)26-22(29)27-14-12-23(2,13-15-27)21(28)25-16-17-8-10-19(24)11-9-17/h4-11H,3,12-16H2,1-2H3,(H,25,28)(H,26,29). The van der Waals surface area contributed by atoms with Gasteiger partial charge in [0, 0.05) is 30.7 Å². The van der Waals surface area contributed by atoms with Crippen LogP contribution in [-0.4, -0.2) is 29.9 Å². The molecule has 3 rings (SSSR count). The second-order valence-corrected chi connectivity index (χ2v) is 7.80. The summed E-state index contributed by atoms with van der Waals surface area (Å²) in [6.07, 6.45) is 2.05. The number of hydrogen-bond donors (Lipinski definition) is 2. The second kappa shape index (κ2) is 9.07. The minimum Gasteiger partial charge on any atom is -0.352 e. The Bertz CT molecular complexity index is 859. The maximum Gasteiger partial charge on any atom is 0.321 e. The molecule has 2 N–H and O–H groups in total. The summed E-state index contributed by atoms with van der Waals surface area (Å²) >= 11 is 0. The molecule has 0 saturated carbocycles. The highest BCUT2D eigenvalue weighted by Gasteiger charge is 2.38. The molecule has 1 aliphatic heterocycles. The number of nitrogens with one attached hydrogen (secondary N) is 2. The van der Waals surface area contributed by atoms with Gasteiger partial charge in [-0.1, -0.05) is 44.2 Å². The van der Waals surface area contributed by atoms with Gasteiger partial charge in [0.15, 0.2) is 0 Å². The van der Waals surface area contributed by atoms with E-state index in [2.05, 4.69) is 17.6 Å². The fourth-order valence-corrected chi connectivity index (χ4v) is 3.57. The summed E-state index contributed by atoms with van der Waals surface area (Å²) in [5.41, 5.74) is 2.28. The van der Waals surface area contributed by atoms with Crippen molar-refractivity contribution in [1.82, 2.24) is 10.2 Å². The summed E-state index contributed by atoms with van der Waals surface area (Å²) in [6, 6.07) is 13.8. The second-order valence-electron chi connectivity index (χ2n) is 7.80. The maximum atomic E-state index is 13.0. The third-order valence-corrected chi connectivity index (χ3v) is 5.71. The summed E-state index contributed by atoms with van der Waals surface area (Å²) < 4.78 is 13.0. The highest BCUT2D eigenvalue weighted by Crippen LogP contribution is 2.31. The first-order valence-electron chi connectivity index (χ1n) is 10.1. The molecule has 2 aromatic carbocycles. The van der Waals surface area contributed by atoms with Crippen LogP contribution in [0.15, 0.2) is 48.5 Å². The van der Waals surface area contributed by atoms with Crippen LogP contribution in [0.25, 0.3) is 0 Å². The Labute approximate surface area is 171 Å². The van der Waals surface area contributed by atoms with Gasteiger partial charge in [0.2, 0.25) is 5.91 Å². The van der Waals surface area contributed by atoms with Gasteiger partial charge >= 0.3 is 6.03 Å². The Hall–Kier alpha value is -2.89. The number of rotatable bonds is 5. The Balaban J connectivity index is 1.52. The van der Waals surface area contributed by atoms with E-state index in [1.54, 1.807) is 17.0 Å². The third kappa shape index (κ3) is 5.13. The highest BCUT2D eigenvalue weighted by molar-refractivity contribution is 5.90. The van der Waals surface area contributed by atoms with Crippen molar-refractivity contribution in [2.45, 2.75) is 39.7 Å². The number of anilines is 1. The molecule has 1 heterocycles. The van der Waals surface area contributed by atoms with Crippen molar-refractivity contribution in [2.24, 2.45) is 5.41 Å². The van der Waals surface area contributed by atoms with Crippen LogP contribution in [0.5, 0.6) is 0 Å². The largest absolute Gasteiger partial charge is 0.352 e. The zero-order valence-corrected chi connectivity index (χ0v) is 17.0. The van der Waals surface area contributed by atoms with E-state index < -0.39 is 5.41 Å². The van der Waals surface area contributed by atoms with Gasteiger partial charge in [-0.2, -0.15) is 0 Å². The van der Waals surface area contributed by atoms with E-state index in [0.717, 1.165) is 23.2 Å². The summed E-state index contributed by atoms with van der Waals surface area (Å²) in [5, 5.41) is 5.94. The molecule has 5 nitrogen and oxygen atoms in total. The molecular weight excluding hydrogens is 369 g/mol. The lowest BCUT2D eigenvalue weighted by Gasteiger charge is -2.38. The van der Waals surface area contributed by atoms with Crippen molar-refractivity contribution in [1.29, 1.82) is 0 Å². The predicted molar refractivity (Wildman–Crippen MR) is 112 cm³/mol. The van der Waals surface area contributed by atoms with Crippen molar-refractivity contribution in [3.8, 4) is 0 Å². The number of likely N-dealkylation sites (tertiary alicyclic amines) is 1. The number of aryl methyl sites for hydroxylation is 1. The maximum absolute atomic E-state index is 13.0. The van der Waals surface area contributed by atoms with E-state index in [4.69, 9.17) is 0 Å². The summed E-state index contributed by atoms with van der Waals surface area (Å²) in [4.78, 5) is 27.1. The van der Waals surface area contributed by atoms with Crippen molar-refractivity contribution in [2.75, 3.05) is 18.4 Å². The molecule has 154 valence electrons. The first-order valence-corrected chi connectivity index (χ1v) is 10.1. The van der Waals surface area contributed by atoms with Crippen LogP contribution in [0, 0.1) is 11.2 Å². The lowest BCUT2D eigenvalue weighted by Crippen LogP contribution is -2.49. The van der Waals surface area contributed by atoms with E-state index in [1.165, 1.54) is 12.1 Å². The summed E-state index contributed by atoms with van der Waals surface area (Å²) in [7, 11) is 0. The molecule has 6 heteroatoms. The predicted octanol–water partition coefficient (Wildman–Crippen LogP) is 4.34. The zero-order valence-electron chi connectivity index (χ0n) is 17.0. The minimum atomic E-state index is -0.516. The molecule has 1 saturated heterocycles. The molecule has 0 bridgehead atoms. The van der Waals surface area contributed by atoms with E-state index in [0.29, 0.717) is 32.5 Å². The van der Waals surface area contributed by atoms with E-state index in [9.17, 15) is 14.0 Å². The molecule has 0 atom stereocenters. The molecule has 0 unspecified atom stereocenters. The van der Waals surface area contributed by atoms with Crippen LogP contribution < -0.4 is 10.6 Å². The number of amides is 3. The van der Waals surface area contributed by atoms with Gasteiger partial charge in [0.05, 0.1) is 0 Å². The van der Waals surface area contributed by atoms with Gasteiger partial charge in [-0.25, -0.2) is 9.18 Å². The number of halogens is 1. The van der Waals surface area contributed by atoms with Gasteiger partial charge in [0.1, 0.15) is 5.82 Å². The number of benzene rings is 2. The lowest BCUT2D eigenvalue weighted by atomic mass is 9.79. The van der Waals surface area contributed by atoms with Crippen molar-refractivity contribution < 1.29 is 14.0 Å². The average molecular weight is 397 g/mol. The first-order chi connectivity index (χ1) is 13.9. The number of carbonyl (C=O) groups excluding carboxylic acids is 2. The lowest BCUT2D eigenvalue weighted by molar-refractivity contribution is -0.132. The fraction of sp³-hybridized carbons (Fsp3) is 0.391. The first kappa shape index (κ1) is 20.8. The number of piperidine rings is 1. The molecule has 3 amide bonds. The Morgan fingerprint density at radius 2 is 1.72 bits per heavy atom. The third-order valence-electron chi connectivity index (χ3n) is 5.71. The van der Waals surface area contributed by atoms with Crippen molar-refractivity contribution >= 4 is 17.6 Å². The quantitative estimate of drug-likeness (QED) is 0.788. The van der Waals surface area contributed by atoms with Crippen LogP contribution in [0.2, 0.25) is 0 Å². The Morgan fingerprint density at radius 1 is 1.07 bits per heavy atom. The molecule has 1 fully saturated rings. The normalized spacial score (nSPS) is 15.6. The van der Waals surface area contributed by atoms with Crippen LogP contribution in [-0.2, 0) is 17.8 Å². The van der Waals surface area contributed by atoms with E-state index >= 15 is 0 Å². The molecule has 0 aromatic heterocycles. The monoisotopic (exact) mass is 397 g/mol. The number of nitrogens with zero attached hydrogens (tertiary/aromatic N) is 1. The molecular formula is C23H28FN3O2. The average Bonchev–Trinajstić information content (AvgIpc) is 2.74. The zero-order chi connectivity index (χ0) is 20.9. The van der Waals surface area contributed by atoms with E-state index in [1.807, 2.05) is 31.2 Å². The van der Waals surface area contributed by atoms with Gasteiger partial charge < -0.3 is 15.5 Å². The molecule has 0 radical (unpaired) electrons. The smallest absolute Gasteiger partial charge is 0.321 e. The molecule has 2 aromatic rings. The van der Waals surface area contributed by atoms with Crippen LogP contribution in [0.4, 0.5) is 14.9 Å². The Kier molecular flexibility index (Phi) is 6.52. The van der Waals surface area contributed by atoms with Crippen LogP contribution in [0.3, 0.4) is 0 Å². The molecule has 0 spiro atoms. The SMILES string of the molecule is CCc1ccccc1NC(=O)N1CCC(C)(C(=O)NCc2ccc(F)cc2)CC1. The number of urea groups is 1. The van der Waals surface area contributed by atoms with Gasteiger partial charge in [-0.05, 0) is 48.6 Å². The summed E-state index contributed by atoms with van der Waals surface area (Å²) in [5.74, 6) is -0.322. The van der Waals surface area contributed by atoms with Crippen molar-refractivity contribution in [3.63, 3.8) is 0 Å². The topological polar surface area (TPSA) is 61.4 Å². The fourth-order valence-electron chi connectivity index (χ4n) is 3.57.